The summed E-state index contributed by atoms with van der Waals surface area (Å²) in [5, 5.41) is 9.50. The van der Waals surface area contributed by atoms with Crippen LogP contribution in [0.15, 0.2) is 42.5 Å². The van der Waals surface area contributed by atoms with Crippen molar-refractivity contribution in [2.75, 3.05) is 6.61 Å². The van der Waals surface area contributed by atoms with Crippen molar-refractivity contribution in [3.63, 3.8) is 0 Å². The lowest BCUT2D eigenvalue weighted by atomic mass is 9.80. The predicted molar refractivity (Wildman–Crippen MR) is 102 cm³/mol. The summed E-state index contributed by atoms with van der Waals surface area (Å²) in [6.45, 7) is -1.88. The van der Waals surface area contributed by atoms with Gasteiger partial charge in [0.15, 0.2) is 5.82 Å². The number of aliphatic hydroxyl groups excluding tert-OH is 1. The fourth-order valence-corrected chi connectivity index (χ4v) is 3.32. The van der Waals surface area contributed by atoms with E-state index in [4.69, 9.17) is 23.2 Å². The molecule has 0 saturated carbocycles. The van der Waals surface area contributed by atoms with E-state index in [0.717, 1.165) is 36.4 Å². The summed E-state index contributed by atoms with van der Waals surface area (Å²) in [4.78, 5) is 18.5. The number of rotatable bonds is 5. The van der Waals surface area contributed by atoms with Crippen LogP contribution in [-0.4, -0.2) is 40.0 Å². The summed E-state index contributed by atoms with van der Waals surface area (Å²) < 4.78 is 87.2. The van der Waals surface area contributed by atoms with E-state index in [0.29, 0.717) is 0 Å². The molecule has 172 valence electrons. The minimum Gasteiger partial charge on any atom is -0.443 e. The van der Waals surface area contributed by atoms with Crippen LogP contribution in [0.2, 0.25) is 10.0 Å². The number of nitrogens with one attached hydrogen (secondary N) is 1. The largest absolute Gasteiger partial charge is 0.443 e. The van der Waals surface area contributed by atoms with Gasteiger partial charge in [0.1, 0.15) is 0 Å². The molecule has 0 radical (unpaired) electrons. The molecule has 32 heavy (non-hydrogen) atoms. The first-order valence-electron chi connectivity index (χ1n) is 8.67. The molecular formula is C19H12Cl2F6N2O3. The number of esters is 1. The van der Waals surface area contributed by atoms with E-state index < -0.39 is 47.8 Å². The summed E-state index contributed by atoms with van der Waals surface area (Å²) in [6.07, 6.45) is -14.0. The maximum atomic E-state index is 13.9. The molecular weight excluding hydrogens is 489 g/mol. The van der Waals surface area contributed by atoms with Crippen molar-refractivity contribution >= 4 is 40.2 Å². The van der Waals surface area contributed by atoms with Gasteiger partial charge in [-0.3, -0.25) is 4.79 Å². The third-order valence-electron chi connectivity index (χ3n) is 4.65. The molecule has 0 spiro atoms. The Kier molecular flexibility index (Phi) is 6.38. The van der Waals surface area contributed by atoms with Crippen LogP contribution in [0.25, 0.3) is 11.0 Å². The molecule has 0 bridgehead atoms. The molecule has 5 nitrogen and oxygen atoms in total. The molecule has 0 saturated heterocycles. The topological polar surface area (TPSA) is 75.2 Å². The number of nitrogens with zero attached hydrogens (tertiary/aromatic N) is 1. The highest BCUT2D eigenvalue weighted by molar-refractivity contribution is 6.42. The second kappa shape index (κ2) is 8.45. The number of halogens is 8. The zero-order valence-corrected chi connectivity index (χ0v) is 17.1. The van der Waals surface area contributed by atoms with Crippen molar-refractivity contribution in [1.82, 2.24) is 9.97 Å². The van der Waals surface area contributed by atoms with Crippen LogP contribution in [0, 0.1) is 0 Å². The van der Waals surface area contributed by atoms with Gasteiger partial charge in [0.05, 0.1) is 27.7 Å². The number of H-pyrrole nitrogens is 1. The SMILES string of the molecule is O=C(OC(c1nc2cc(Cl)c(Cl)cc2[nH]1)C(F)(F)F)[C@](CO)(c1ccccc1)C(F)(F)F. The number of imidazole rings is 1. The maximum absolute atomic E-state index is 13.9. The van der Waals surface area contributed by atoms with Gasteiger partial charge in [-0.05, 0) is 17.7 Å². The number of hydrogen-bond acceptors (Lipinski definition) is 4. The Morgan fingerprint density at radius 1 is 1.06 bits per heavy atom. The molecule has 13 heteroatoms. The van der Waals surface area contributed by atoms with Gasteiger partial charge in [-0.25, -0.2) is 4.98 Å². The quantitative estimate of drug-likeness (QED) is 0.357. The number of alkyl halides is 6. The number of benzene rings is 2. The van der Waals surface area contributed by atoms with Crippen molar-refractivity contribution in [2.24, 2.45) is 0 Å². The number of aliphatic hydroxyl groups is 1. The van der Waals surface area contributed by atoms with Crippen molar-refractivity contribution < 1.29 is 41.0 Å². The Morgan fingerprint density at radius 3 is 2.19 bits per heavy atom. The number of aromatic nitrogens is 2. The van der Waals surface area contributed by atoms with E-state index in [1.165, 1.54) is 6.07 Å². The highest BCUT2D eigenvalue weighted by atomic mass is 35.5. The van der Waals surface area contributed by atoms with Gasteiger partial charge in [-0.15, -0.1) is 0 Å². The Bertz CT molecular complexity index is 1090. The molecule has 0 fully saturated rings. The smallest absolute Gasteiger partial charge is 0.432 e. The Hall–Kier alpha value is -2.50. The molecule has 0 aliphatic heterocycles. The number of fused-ring (bicyclic) bond motifs is 1. The first-order valence-corrected chi connectivity index (χ1v) is 9.42. The zero-order chi connectivity index (χ0) is 23.9. The van der Waals surface area contributed by atoms with E-state index in [2.05, 4.69) is 14.7 Å². The molecule has 2 N–H and O–H groups in total. The van der Waals surface area contributed by atoms with Gasteiger partial charge in [-0.1, -0.05) is 53.5 Å². The number of carbonyl (C=O) groups excluding carboxylic acids is 1. The standard InChI is InChI=1S/C19H12Cl2F6N2O3/c20-10-6-12-13(7-11(10)21)29-15(28-12)14(18(22,23)24)32-16(31)17(8-30,19(25,26)27)9-4-2-1-3-5-9/h1-7,14,30H,8H2,(H,28,29)/t14?,17-/m0/s1. The van der Waals surface area contributed by atoms with Crippen molar-refractivity contribution in [1.29, 1.82) is 0 Å². The molecule has 0 aliphatic rings. The van der Waals surface area contributed by atoms with E-state index >= 15 is 0 Å². The molecule has 1 aromatic heterocycles. The summed E-state index contributed by atoms with van der Waals surface area (Å²) >= 11 is 11.6. The molecule has 3 aromatic rings. The van der Waals surface area contributed by atoms with Gasteiger partial charge in [0.2, 0.25) is 5.41 Å². The van der Waals surface area contributed by atoms with Crippen LogP contribution < -0.4 is 0 Å². The predicted octanol–water partition coefficient (Wildman–Crippen LogP) is 5.51. The van der Waals surface area contributed by atoms with Crippen LogP contribution in [0.5, 0.6) is 0 Å². The molecule has 1 heterocycles. The van der Waals surface area contributed by atoms with Gasteiger partial charge in [0, 0.05) is 0 Å². The van der Waals surface area contributed by atoms with E-state index in [1.807, 2.05) is 0 Å². The van der Waals surface area contributed by atoms with Crippen LogP contribution >= 0.6 is 23.2 Å². The van der Waals surface area contributed by atoms with E-state index in [1.54, 1.807) is 0 Å². The van der Waals surface area contributed by atoms with Crippen LogP contribution in [0.4, 0.5) is 26.3 Å². The summed E-state index contributed by atoms with van der Waals surface area (Å²) in [5.74, 6) is -3.35. The monoisotopic (exact) mass is 500 g/mol. The van der Waals surface area contributed by atoms with Crippen LogP contribution in [-0.2, 0) is 14.9 Å². The lowest BCUT2D eigenvalue weighted by Crippen LogP contribution is -2.53. The fraction of sp³-hybridized carbons (Fsp3) is 0.263. The van der Waals surface area contributed by atoms with Gasteiger partial charge in [-0.2, -0.15) is 26.3 Å². The van der Waals surface area contributed by atoms with Gasteiger partial charge < -0.3 is 14.8 Å². The number of hydrogen-bond donors (Lipinski definition) is 2. The second-order valence-electron chi connectivity index (χ2n) is 6.66. The summed E-state index contributed by atoms with van der Waals surface area (Å²) in [5.41, 5.74) is -4.65. The first kappa shape index (κ1) is 24.1. The molecule has 1 unspecified atom stereocenters. The minimum absolute atomic E-state index is 0.0182. The third kappa shape index (κ3) is 4.24. The Balaban J connectivity index is 2.09. The fourth-order valence-electron chi connectivity index (χ4n) is 3.00. The molecule has 0 aliphatic carbocycles. The number of aromatic amines is 1. The highest BCUT2D eigenvalue weighted by Gasteiger charge is 2.64. The van der Waals surface area contributed by atoms with Crippen molar-refractivity contribution in [3.05, 3.63) is 63.9 Å². The Morgan fingerprint density at radius 2 is 1.66 bits per heavy atom. The van der Waals surface area contributed by atoms with Crippen molar-refractivity contribution in [2.45, 2.75) is 23.9 Å². The lowest BCUT2D eigenvalue weighted by molar-refractivity contribution is -0.249. The lowest BCUT2D eigenvalue weighted by Gasteiger charge is -2.33. The van der Waals surface area contributed by atoms with Crippen LogP contribution in [0.3, 0.4) is 0 Å². The second-order valence-corrected chi connectivity index (χ2v) is 7.47. The minimum atomic E-state index is -5.48. The maximum Gasteiger partial charge on any atom is 0.432 e. The average molecular weight is 501 g/mol. The van der Waals surface area contributed by atoms with Crippen molar-refractivity contribution in [3.8, 4) is 0 Å². The van der Waals surface area contributed by atoms with E-state index in [9.17, 15) is 36.2 Å². The number of carbonyl (C=O) groups is 1. The number of ether oxygens (including phenoxy) is 1. The average Bonchev–Trinajstić information content (AvgIpc) is 3.08. The zero-order valence-electron chi connectivity index (χ0n) is 15.6. The highest BCUT2D eigenvalue weighted by Crippen LogP contribution is 2.45. The summed E-state index contributed by atoms with van der Waals surface area (Å²) in [7, 11) is 0. The summed E-state index contributed by atoms with van der Waals surface area (Å²) in [6, 6.07) is 7.57. The third-order valence-corrected chi connectivity index (χ3v) is 5.37. The van der Waals surface area contributed by atoms with E-state index in [-0.39, 0.29) is 21.1 Å². The normalized spacial score (nSPS) is 15.4. The van der Waals surface area contributed by atoms with Crippen LogP contribution in [0.1, 0.15) is 17.5 Å². The molecule has 2 atom stereocenters. The molecule has 3 rings (SSSR count). The Labute approximate surface area is 185 Å². The van der Waals surface area contributed by atoms with Gasteiger partial charge >= 0.3 is 18.3 Å². The first-order chi connectivity index (χ1) is 14.8. The molecule has 0 amide bonds. The van der Waals surface area contributed by atoms with Gasteiger partial charge in [0.25, 0.3) is 6.10 Å². The molecule has 2 aromatic carbocycles.